The molecule has 1 saturated heterocycles. The van der Waals surface area contributed by atoms with Crippen LogP contribution in [0.2, 0.25) is 0 Å². The summed E-state index contributed by atoms with van der Waals surface area (Å²) in [4.78, 5) is 0. The lowest BCUT2D eigenvalue weighted by Gasteiger charge is -2.03. The summed E-state index contributed by atoms with van der Waals surface area (Å²) in [5, 5.41) is 18.4. The second-order valence-electron chi connectivity index (χ2n) is 2.85. The first kappa shape index (κ1) is 7.73. The van der Waals surface area contributed by atoms with Crippen molar-refractivity contribution in [2.45, 2.75) is 11.9 Å². The Balaban J connectivity index is 2.23. The zero-order chi connectivity index (χ0) is 8.60. The summed E-state index contributed by atoms with van der Waals surface area (Å²) >= 11 is 0. The Labute approximate surface area is 70.2 Å². The van der Waals surface area contributed by atoms with Crippen molar-refractivity contribution in [3.05, 3.63) is 35.9 Å². The van der Waals surface area contributed by atoms with Gasteiger partial charge in [0.25, 0.3) is 0 Å². The molecule has 0 amide bonds. The fourth-order valence-electron chi connectivity index (χ4n) is 1.27. The van der Waals surface area contributed by atoms with Gasteiger partial charge in [-0.15, -0.1) is 0 Å². The largest absolute Gasteiger partial charge is 0.393 e. The van der Waals surface area contributed by atoms with Crippen molar-refractivity contribution in [3.63, 3.8) is 0 Å². The van der Waals surface area contributed by atoms with E-state index in [0.717, 1.165) is 0 Å². The molecule has 3 heteroatoms. The molecule has 0 aromatic heterocycles. The van der Waals surface area contributed by atoms with Gasteiger partial charge in [-0.05, 0) is 0 Å². The quantitative estimate of drug-likeness (QED) is 0.618. The van der Waals surface area contributed by atoms with E-state index in [1.165, 1.54) is 0 Å². The SMILES string of the molecule is OCC1OC1(O)c1ccccc1. The standard InChI is InChI=1S/C9H10O3/c10-6-8-9(11,12-8)7-4-2-1-3-5-7/h1-5,8,10-11H,6H2. The maximum Gasteiger partial charge on any atom is 0.222 e. The third-order valence-corrected chi connectivity index (χ3v) is 2.05. The molecule has 1 fully saturated rings. The maximum absolute atomic E-state index is 9.68. The molecule has 64 valence electrons. The molecular formula is C9H10O3. The molecule has 2 atom stereocenters. The third-order valence-electron chi connectivity index (χ3n) is 2.05. The first-order valence-corrected chi connectivity index (χ1v) is 3.84. The van der Waals surface area contributed by atoms with E-state index in [-0.39, 0.29) is 6.61 Å². The third kappa shape index (κ3) is 1.03. The van der Waals surface area contributed by atoms with E-state index in [2.05, 4.69) is 0 Å². The number of benzene rings is 1. The van der Waals surface area contributed by atoms with Crippen LogP contribution in [0.3, 0.4) is 0 Å². The highest BCUT2D eigenvalue weighted by molar-refractivity contribution is 5.25. The van der Waals surface area contributed by atoms with E-state index < -0.39 is 11.9 Å². The fourth-order valence-corrected chi connectivity index (χ4v) is 1.27. The highest BCUT2D eigenvalue weighted by atomic mass is 16.7. The van der Waals surface area contributed by atoms with Gasteiger partial charge in [0, 0.05) is 5.56 Å². The van der Waals surface area contributed by atoms with Crippen LogP contribution in [0.5, 0.6) is 0 Å². The lowest BCUT2D eigenvalue weighted by atomic mass is 10.1. The normalized spacial score (nSPS) is 33.3. The van der Waals surface area contributed by atoms with E-state index >= 15 is 0 Å². The number of rotatable bonds is 2. The first-order chi connectivity index (χ1) is 5.77. The van der Waals surface area contributed by atoms with Crippen molar-refractivity contribution in [3.8, 4) is 0 Å². The number of hydrogen-bond acceptors (Lipinski definition) is 3. The topological polar surface area (TPSA) is 53.0 Å². The minimum absolute atomic E-state index is 0.147. The molecule has 0 saturated carbocycles. The Morgan fingerprint density at radius 1 is 1.33 bits per heavy atom. The van der Waals surface area contributed by atoms with Gasteiger partial charge < -0.3 is 14.9 Å². The lowest BCUT2D eigenvalue weighted by molar-refractivity contribution is 0.0332. The minimum Gasteiger partial charge on any atom is -0.393 e. The van der Waals surface area contributed by atoms with Crippen LogP contribution in [0.25, 0.3) is 0 Å². The van der Waals surface area contributed by atoms with Crippen molar-refractivity contribution in [1.82, 2.24) is 0 Å². The van der Waals surface area contributed by atoms with Crippen LogP contribution in [0.4, 0.5) is 0 Å². The van der Waals surface area contributed by atoms with Crippen molar-refractivity contribution in [1.29, 1.82) is 0 Å². The molecule has 1 aliphatic rings. The highest BCUT2D eigenvalue weighted by Crippen LogP contribution is 2.42. The molecular weight excluding hydrogens is 156 g/mol. The average molecular weight is 166 g/mol. The van der Waals surface area contributed by atoms with Gasteiger partial charge in [0.2, 0.25) is 5.79 Å². The molecule has 0 radical (unpaired) electrons. The summed E-state index contributed by atoms with van der Waals surface area (Å²) in [6, 6.07) is 9.06. The summed E-state index contributed by atoms with van der Waals surface area (Å²) in [6.07, 6.45) is -0.458. The Kier molecular flexibility index (Phi) is 1.65. The average Bonchev–Trinajstić information content (AvgIpc) is 2.81. The minimum atomic E-state index is -1.24. The van der Waals surface area contributed by atoms with Crippen LogP contribution in [-0.2, 0) is 10.5 Å². The van der Waals surface area contributed by atoms with Gasteiger partial charge in [-0.1, -0.05) is 30.3 Å². The number of epoxide rings is 1. The van der Waals surface area contributed by atoms with Crippen LogP contribution in [0.15, 0.2) is 30.3 Å². The van der Waals surface area contributed by atoms with Crippen LogP contribution in [0, 0.1) is 0 Å². The van der Waals surface area contributed by atoms with Crippen molar-refractivity contribution < 1.29 is 14.9 Å². The molecule has 0 spiro atoms. The molecule has 0 bridgehead atoms. The predicted octanol–water partition coefficient (Wildman–Crippen LogP) is 0.223. The summed E-state index contributed by atoms with van der Waals surface area (Å²) in [7, 11) is 0. The molecule has 1 aromatic carbocycles. The van der Waals surface area contributed by atoms with Crippen LogP contribution in [-0.4, -0.2) is 22.9 Å². The molecule has 0 aliphatic carbocycles. The smallest absolute Gasteiger partial charge is 0.222 e. The summed E-state index contributed by atoms with van der Waals surface area (Å²) in [5.74, 6) is -1.24. The van der Waals surface area contributed by atoms with Gasteiger partial charge in [-0.2, -0.15) is 0 Å². The molecule has 2 unspecified atom stereocenters. The van der Waals surface area contributed by atoms with Crippen LogP contribution in [0.1, 0.15) is 5.56 Å². The lowest BCUT2D eigenvalue weighted by Crippen LogP contribution is -2.13. The first-order valence-electron chi connectivity index (χ1n) is 3.84. The van der Waals surface area contributed by atoms with Crippen molar-refractivity contribution in [2.24, 2.45) is 0 Å². The molecule has 1 aromatic rings. The molecule has 2 N–H and O–H groups in total. The Morgan fingerprint density at radius 3 is 2.50 bits per heavy atom. The van der Waals surface area contributed by atoms with E-state index in [9.17, 15) is 5.11 Å². The summed E-state index contributed by atoms with van der Waals surface area (Å²) in [6.45, 7) is -0.147. The molecule has 2 rings (SSSR count). The van der Waals surface area contributed by atoms with Gasteiger partial charge in [0.1, 0.15) is 6.10 Å². The van der Waals surface area contributed by atoms with Gasteiger partial charge in [0.05, 0.1) is 6.61 Å². The van der Waals surface area contributed by atoms with Crippen LogP contribution >= 0.6 is 0 Å². The van der Waals surface area contributed by atoms with Gasteiger partial charge >= 0.3 is 0 Å². The Hall–Kier alpha value is -0.900. The van der Waals surface area contributed by atoms with E-state index in [4.69, 9.17) is 9.84 Å². The van der Waals surface area contributed by atoms with Gasteiger partial charge in [-0.25, -0.2) is 0 Å². The summed E-state index contributed by atoms with van der Waals surface area (Å²) < 4.78 is 4.95. The van der Waals surface area contributed by atoms with Crippen molar-refractivity contribution >= 4 is 0 Å². The second-order valence-corrected chi connectivity index (χ2v) is 2.85. The Morgan fingerprint density at radius 2 is 2.00 bits per heavy atom. The van der Waals surface area contributed by atoms with E-state index in [1.807, 2.05) is 18.2 Å². The van der Waals surface area contributed by atoms with E-state index in [0.29, 0.717) is 5.56 Å². The monoisotopic (exact) mass is 166 g/mol. The second kappa shape index (κ2) is 2.55. The summed E-state index contributed by atoms with van der Waals surface area (Å²) in [5.41, 5.74) is 0.698. The molecule has 1 heterocycles. The molecule has 1 aliphatic heterocycles. The van der Waals surface area contributed by atoms with Gasteiger partial charge in [-0.3, -0.25) is 0 Å². The predicted molar refractivity (Wildman–Crippen MR) is 42.3 cm³/mol. The fraction of sp³-hybridized carbons (Fsp3) is 0.333. The zero-order valence-corrected chi connectivity index (χ0v) is 6.47. The molecule has 12 heavy (non-hydrogen) atoms. The van der Waals surface area contributed by atoms with Crippen LogP contribution < -0.4 is 0 Å². The highest BCUT2D eigenvalue weighted by Gasteiger charge is 2.56. The van der Waals surface area contributed by atoms with E-state index in [1.54, 1.807) is 12.1 Å². The van der Waals surface area contributed by atoms with Crippen molar-refractivity contribution in [2.75, 3.05) is 6.61 Å². The van der Waals surface area contributed by atoms with Gasteiger partial charge in [0.15, 0.2) is 0 Å². The number of ether oxygens (including phenoxy) is 1. The number of aliphatic hydroxyl groups excluding tert-OH is 1. The number of aliphatic hydroxyl groups is 2. The maximum atomic E-state index is 9.68. The number of hydrogen-bond donors (Lipinski definition) is 2. The molecule has 3 nitrogen and oxygen atoms in total. The Bertz CT molecular complexity index is 272. The zero-order valence-electron chi connectivity index (χ0n) is 6.47.